The molecule has 0 bridgehead atoms. The van der Waals surface area contributed by atoms with Gasteiger partial charge >= 0.3 is 0 Å². The Morgan fingerprint density at radius 2 is 2.10 bits per heavy atom. The van der Waals surface area contributed by atoms with Gasteiger partial charge in [0.2, 0.25) is 5.03 Å². The lowest BCUT2D eigenvalue weighted by Crippen LogP contribution is -2.29. The molecule has 5 nitrogen and oxygen atoms in total. The smallest absolute Gasteiger partial charge is 0.261 e. The minimum Gasteiger partial charge on any atom is -0.304 e. The summed E-state index contributed by atoms with van der Waals surface area (Å²) < 4.78 is 39.4. The molecule has 0 aliphatic heterocycles. The van der Waals surface area contributed by atoms with Gasteiger partial charge in [0.15, 0.2) is 5.82 Å². The van der Waals surface area contributed by atoms with E-state index in [-0.39, 0.29) is 6.54 Å². The minimum atomic E-state index is -3.86. The van der Waals surface area contributed by atoms with Crippen LogP contribution in [0.15, 0.2) is 23.4 Å². The highest BCUT2D eigenvalue weighted by Gasteiger charge is 2.19. The normalized spacial score (nSPS) is 12.3. The molecule has 1 N–H and O–H groups in total. The van der Waals surface area contributed by atoms with Crippen molar-refractivity contribution in [1.82, 2.24) is 14.6 Å². The fourth-order valence-corrected chi connectivity index (χ4v) is 2.66. The minimum absolute atomic E-state index is 0.282. The summed E-state index contributed by atoms with van der Waals surface area (Å²) in [6.07, 6.45) is 2.84. The molecule has 0 aliphatic carbocycles. The second-order valence-electron chi connectivity index (χ2n) is 4.97. The van der Waals surface area contributed by atoms with E-state index < -0.39 is 20.9 Å². The molecule has 0 aromatic carbocycles. The average Bonchev–Trinajstić information content (AvgIpc) is 2.38. The molecule has 0 saturated carbocycles. The Bertz CT molecular complexity index is 520. The molecule has 1 aromatic heterocycles. The summed E-state index contributed by atoms with van der Waals surface area (Å²) in [6, 6.07) is 2.91. The zero-order chi connectivity index (χ0) is 15.2. The summed E-state index contributed by atoms with van der Waals surface area (Å²) >= 11 is 0. The first-order valence-electron chi connectivity index (χ1n) is 6.65. The van der Waals surface area contributed by atoms with Crippen molar-refractivity contribution in [2.24, 2.45) is 0 Å². The van der Waals surface area contributed by atoms with E-state index in [0.717, 1.165) is 19.0 Å². The quantitative estimate of drug-likeness (QED) is 0.741. The molecule has 0 unspecified atom stereocenters. The SMILES string of the molecule is CC(C)N(C)CCCCNS(=O)(=O)c1ncccc1F. The van der Waals surface area contributed by atoms with Crippen molar-refractivity contribution < 1.29 is 12.8 Å². The van der Waals surface area contributed by atoms with Gasteiger partial charge in [-0.05, 0) is 52.4 Å². The van der Waals surface area contributed by atoms with Crippen LogP contribution < -0.4 is 4.72 Å². The van der Waals surface area contributed by atoms with Crippen molar-refractivity contribution in [3.63, 3.8) is 0 Å². The fourth-order valence-electron chi connectivity index (χ4n) is 1.59. The molecule has 114 valence electrons. The van der Waals surface area contributed by atoms with E-state index in [1.54, 1.807) is 0 Å². The molecule has 0 atom stereocenters. The standard InChI is InChI=1S/C13H22FN3O2S/c1-11(2)17(3)10-5-4-9-16-20(18,19)13-12(14)7-6-8-15-13/h6-8,11,16H,4-5,9-10H2,1-3H3. The number of hydrogen-bond acceptors (Lipinski definition) is 4. The Morgan fingerprint density at radius 3 is 2.70 bits per heavy atom. The van der Waals surface area contributed by atoms with Crippen LogP contribution >= 0.6 is 0 Å². The van der Waals surface area contributed by atoms with Crippen molar-refractivity contribution in [3.05, 3.63) is 24.1 Å². The Labute approximate surface area is 120 Å². The number of nitrogens with one attached hydrogen (secondary N) is 1. The summed E-state index contributed by atoms with van der Waals surface area (Å²) in [5.74, 6) is -0.834. The van der Waals surface area contributed by atoms with Crippen LogP contribution in [0.2, 0.25) is 0 Å². The fraction of sp³-hybridized carbons (Fsp3) is 0.615. The summed E-state index contributed by atoms with van der Waals surface area (Å²) in [7, 11) is -1.83. The first kappa shape index (κ1) is 17.0. The number of rotatable bonds is 8. The van der Waals surface area contributed by atoms with Gasteiger partial charge in [0.05, 0.1) is 0 Å². The van der Waals surface area contributed by atoms with E-state index >= 15 is 0 Å². The largest absolute Gasteiger partial charge is 0.304 e. The van der Waals surface area contributed by atoms with Gasteiger partial charge in [0.1, 0.15) is 0 Å². The lowest BCUT2D eigenvalue weighted by atomic mass is 10.2. The third kappa shape index (κ3) is 5.15. The number of aromatic nitrogens is 1. The molecule has 0 radical (unpaired) electrons. The van der Waals surface area contributed by atoms with Gasteiger partial charge in [-0.25, -0.2) is 22.5 Å². The molecular formula is C13H22FN3O2S. The summed E-state index contributed by atoms with van der Waals surface area (Å²) in [4.78, 5) is 5.75. The van der Waals surface area contributed by atoms with Crippen LogP contribution in [-0.2, 0) is 10.0 Å². The highest BCUT2D eigenvalue weighted by atomic mass is 32.2. The van der Waals surface area contributed by atoms with E-state index in [2.05, 4.69) is 28.5 Å². The van der Waals surface area contributed by atoms with Crippen LogP contribution in [0.5, 0.6) is 0 Å². The zero-order valence-electron chi connectivity index (χ0n) is 12.1. The Balaban J connectivity index is 2.40. The van der Waals surface area contributed by atoms with E-state index in [0.29, 0.717) is 12.5 Å². The number of pyridine rings is 1. The predicted octanol–water partition coefficient (Wildman–Crippen LogP) is 1.62. The van der Waals surface area contributed by atoms with Gasteiger partial charge < -0.3 is 4.90 Å². The number of hydrogen-bond donors (Lipinski definition) is 1. The third-order valence-corrected chi connectivity index (χ3v) is 4.48. The second-order valence-corrected chi connectivity index (χ2v) is 6.65. The Kier molecular flexibility index (Phi) is 6.51. The van der Waals surface area contributed by atoms with Crippen molar-refractivity contribution in [3.8, 4) is 0 Å². The van der Waals surface area contributed by atoms with Crippen LogP contribution in [0.25, 0.3) is 0 Å². The maximum absolute atomic E-state index is 13.4. The van der Waals surface area contributed by atoms with Crippen LogP contribution in [0.3, 0.4) is 0 Å². The first-order valence-corrected chi connectivity index (χ1v) is 8.13. The van der Waals surface area contributed by atoms with Gasteiger partial charge in [-0.15, -0.1) is 0 Å². The van der Waals surface area contributed by atoms with Gasteiger partial charge in [-0.2, -0.15) is 0 Å². The van der Waals surface area contributed by atoms with Crippen molar-refractivity contribution in [1.29, 1.82) is 0 Å². The third-order valence-electron chi connectivity index (χ3n) is 3.09. The molecule has 7 heteroatoms. The summed E-state index contributed by atoms with van der Waals surface area (Å²) in [6.45, 7) is 5.39. The van der Waals surface area contributed by atoms with Gasteiger partial charge in [-0.3, -0.25) is 0 Å². The summed E-state index contributed by atoms with van der Waals surface area (Å²) in [5.41, 5.74) is 0. The number of unbranched alkanes of at least 4 members (excludes halogenated alkanes) is 1. The molecule has 0 amide bonds. The topological polar surface area (TPSA) is 62.3 Å². The maximum atomic E-state index is 13.4. The van der Waals surface area contributed by atoms with Crippen molar-refractivity contribution >= 4 is 10.0 Å². The molecule has 0 spiro atoms. The van der Waals surface area contributed by atoms with E-state index in [4.69, 9.17) is 0 Å². The summed E-state index contributed by atoms with van der Waals surface area (Å²) in [5, 5.41) is -0.542. The number of nitrogens with zero attached hydrogens (tertiary/aromatic N) is 2. The van der Waals surface area contributed by atoms with Crippen molar-refractivity contribution in [2.75, 3.05) is 20.1 Å². The lowest BCUT2D eigenvalue weighted by molar-refractivity contribution is 0.268. The van der Waals surface area contributed by atoms with Gasteiger partial charge in [0.25, 0.3) is 10.0 Å². The molecule has 1 rings (SSSR count). The maximum Gasteiger partial charge on any atom is 0.261 e. The Morgan fingerprint density at radius 1 is 1.40 bits per heavy atom. The van der Waals surface area contributed by atoms with Gasteiger partial charge in [-0.1, -0.05) is 0 Å². The highest BCUT2D eigenvalue weighted by Crippen LogP contribution is 2.09. The first-order chi connectivity index (χ1) is 9.34. The molecule has 1 heterocycles. The van der Waals surface area contributed by atoms with E-state index in [9.17, 15) is 12.8 Å². The number of sulfonamides is 1. The molecule has 0 fully saturated rings. The molecular weight excluding hydrogens is 281 g/mol. The van der Waals surface area contributed by atoms with Crippen molar-refractivity contribution in [2.45, 2.75) is 37.8 Å². The molecule has 1 aromatic rings. The van der Waals surface area contributed by atoms with Crippen LogP contribution in [-0.4, -0.2) is 44.5 Å². The molecule has 20 heavy (non-hydrogen) atoms. The predicted molar refractivity (Wildman–Crippen MR) is 76.4 cm³/mol. The van der Waals surface area contributed by atoms with E-state index in [1.807, 2.05) is 7.05 Å². The van der Waals surface area contributed by atoms with Crippen LogP contribution in [0.1, 0.15) is 26.7 Å². The monoisotopic (exact) mass is 303 g/mol. The molecule has 0 saturated heterocycles. The zero-order valence-corrected chi connectivity index (χ0v) is 13.0. The second kappa shape index (κ2) is 7.66. The number of halogens is 1. The van der Waals surface area contributed by atoms with Crippen LogP contribution in [0, 0.1) is 5.82 Å². The lowest BCUT2D eigenvalue weighted by Gasteiger charge is -2.20. The Hall–Kier alpha value is -1.05. The molecule has 0 aliphatic rings. The van der Waals surface area contributed by atoms with Gasteiger partial charge in [0, 0.05) is 18.8 Å². The van der Waals surface area contributed by atoms with E-state index in [1.165, 1.54) is 12.3 Å². The highest BCUT2D eigenvalue weighted by molar-refractivity contribution is 7.89. The van der Waals surface area contributed by atoms with Crippen LogP contribution in [0.4, 0.5) is 4.39 Å². The average molecular weight is 303 g/mol.